The molecule has 1 fully saturated rings. The number of hydrogen-bond donors (Lipinski definition) is 0. The summed E-state index contributed by atoms with van der Waals surface area (Å²) < 4.78 is 42.6. The van der Waals surface area contributed by atoms with Crippen molar-refractivity contribution >= 4 is 10.5 Å². The Morgan fingerprint density at radius 3 is 2.25 bits per heavy atom. The van der Waals surface area contributed by atoms with Crippen LogP contribution in [-0.2, 0) is 10.5 Å². The van der Waals surface area contributed by atoms with Crippen LogP contribution in [0, 0.1) is 0 Å². The highest BCUT2D eigenvalue weighted by atomic mass is 32.3. The maximum Gasteiger partial charge on any atom is 0.488 e. The van der Waals surface area contributed by atoms with Crippen molar-refractivity contribution < 1.29 is 21.2 Å². The smallest absolute Gasteiger partial charge is 0.488 e. The second-order valence-corrected chi connectivity index (χ2v) is 5.65. The number of nitrogens with zero attached hydrogens (tertiary/aromatic N) is 1. The lowest BCUT2D eigenvalue weighted by molar-refractivity contribution is 0.183. The van der Waals surface area contributed by atoms with Gasteiger partial charge in [0.05, 0.1) is 0 Å². The summed E-state index contributed by atoms with van der Waals surface area (Å²) in [5.74, 6) is 0.529. The Labute approximate surface area is 118 Å². The lowest BCUT2D eigenvalue weighted by atomic mass is 10.1. The molecule has 0 atom stereocenters. The average Bonchev–Trinajstić information content (AvgIpc) is 2.40. The molecule has 0 N–H and O–H groups in total. The normalized spacial score (nSPS) is 16.9. The zero-order valence-electron chi connectivity index (χ0n) is 11.1. The van der Waals surface area contributed by atoms with E-state index >= 15 is 0 Å². The maximum atomic E-state index is 12.3. The van der Waals surface area contributed by atoms with Crippen molar-refractivity contribution in [2.24, 2.45) is 0 Å². The zero-order chi connectivity index (χ0) is 14.4. The SMILES string of the molecule is O=S(=O)(F)Oc1ccc(OCCN2CCCCC2)cc1. The highest BCUT2D eigenvalue weighted by Gasteiger charge is 2.10. The van der Waals surface area contributed by atoms with Crippen molar-refractivity contribution in [1.29, 1.82) is 0 Å². The molecule has 1 aliphatic rings. The first kappa shape index (κ1) is 15.1. The van der Waals surface area contributed by atoms with Crippen LogP contribution in [0.5, 0.6) is 11.5 Å². The molecule has 1 aromatic rings. The molecule has 0 aromatic heterocycles. The quantitative estimate of drug-likeness (QED) is 0.754. The van der Waals surface area contributed by atoms with Gasteiger partial charge < -0.3 is 8.92 Å². The number of benzene rings is 1. The molecular formula is C13H18FNO4S. The van der Waals surface area contributed by atoms with Crippen LogP contribution in [-0.4, -0.2) is 39.6 Å². The summed E-state index contributed by atoms with van der Waals surface area (Å²) in [5.41, 5.74) is 0. The first-order valence-corrected chi connectivity index (χ1v) is 7.93. The van der Waals surface area contributed by atoms with Gasteiger partial charge in [0.2, 0.25) is 0 Å². The van der Waals surface area contributed by atoms with Crippen LogP contribution in [0.25, 0.3) is 0 Å². The first-order chi connectivity index (χ1) is 9.53. The molecule has 7 heteroatoms. The van der Waals surface area contributed by atoms with Crippen LogP contribution in [0.3, 0.4) is 0 Å². The number of hydrogen-bond acceptors (Lipinski definition) is 5. The standard InChI is InChI=1S/C13H18FNO4S/c14-20(16,17)19-13-6-4-12(5-7-13)18-11-10-15-8-2-1-3-9-15/h4-7H,1-3,8-11H2. The van der Waals surface area contributed by atoms with Crippen molar-refractivity contribution in [2.45, 2.75) is 19.3 Å². The van der Waals surface area contributed by atoms with Crippen molar-refractivity contribution in [3.8, 4) is 11.5 Å². The van der Waals surface area contributed by atoms with Gasteiger partial charge in [0.1, 0.15) is 18.1 Å². The molecule has 0 spiro atoms. The molecule has 1 saturated heterocycles. The number of ether oxygens (including phenoxy) is 1. The molecule has 112 valence electrons. The minimum Gasteiger partial charge on any atom is -0.492 e. The summed E-state index contributed by atoms with van der Waals surface area (Å²) in [6.45, 7) is 3.67. The fourth-order valence-electron chi connectivity index (χ4n) is 2.18. The van der Waals surface area contributed by atoms with Gasteiger partial charge in [-0.15, -0.1) is 0 Å². The van der Waals surface area contributed by atoms with Gasteiger partial charge >= 0.3 is 10.5 Å². The van der Waals surface area contributed by atoms with Crippen LogP contribution in [0.4, 0.5) is 3.89 Å². The Hall–Kier alpha value is -1.34. The third-order valence-corrected chi connectivity index (χ3v) is 3.54. The first-order valence-electron chi connectivity index (χ1n) is 6.62. The monoisotopic (exact) mass is 303 g/mol. The largest absolute Gasteiger partial charge is 0.492 e. The van der Waals surface area contributed by atoms with E-state index < -0.39 is 10.5 Å². The van der Waals surface area contributed by atoms with Gasteiger partial charge in [0.15, 0.2) is 0 Å². The van der Waals surface area contributed by atoms with E-state index in [1.165, 1.54) is 31.4 Å². The minimum atomic E-state index is -4.97. The van der Waals surface area contributed by atoms with E-state index in [9.17, 15) is 12.3 Å². The summed E-state index contributed by atoms with van der Waals surface area (Å²) in [5, 5.41) is 0. The van der Waals surface area contributed by atoms with E-state index in [4.69, 9.17) is 4.74 Å². The fourth-order valence-corrected chi connectivity index (χ4v) is 2.52. The Bertz CT molecular complexity index is 512. The van der Waals surface area contributed by atoms with Crippen molar-refractivity contribution in [3.63, 3.8) is 0 Å². The van der Waals surface area contributed by atoms with E-state index in [1.807, 2.05) is 0 Å². The molecule has 0 unspecified atom stereocenters. The summed E-state index contributed by atoms with van der Waals surface area (Å²) >= 11 is 0. The average molecular weight is 303 g/mol. The molecule has 1 aliphatic heterocycles. The Morgan fingerprint density at radius 1 is 1.05 bits per heavy atom. The molecule has 0 aliphatic carbocycles. The van der Waals surface area contributed by atoms with Crippen LogP contribution < -0.4 is 8.92 Å². The highest BCUT2D eigenvalue weighted by Crippen LogP contribution is 2.19. The Morgan fingerprint density at radius 2 is 1.65 bits per heavy atom. The van der Waals surface area contributed by atoms with Gasteiger partial charge in [-0.1, -0.05) is 10.3 Å². The molecule has 1 aromatic carbocycles. The summed E-state index contributed by atoms with van der Waals surface area (Å²) in [6.07, 6.45) is 3.78. The molecule has 2 rings (SSSR count). The topological polar surface area (TPSA) is 55.8 Å². The van der Waals surface area contributed by atoms with Crippen molar-refractivity contribution in [1.82, 2.24) is 4.90 Å². The minimum absolute atomic E-state index is 0.0733. The van der Waals surface area contributed by atoms with E-state index in [0.717, 1.165) is 19.6 Å². The van der Waals surface area contributed by atoms with E-state index in [-0.39, 0.29) is 5.75 Å². The second-order valence-electron chi connectivity index (χ2n) is 4.70. The molecule has 5 nitrogen and oxygen atoms in total. The van der Waals surface area contributed by atoms with Crippen molar-refractivity contribution in [2.75, 3.05) is 26.2 Å². The lowest BCUT2D eigenvalue weighted by Gasteiger charge is -2.26. The Kier molecular flexibility index (Phi) is 5.19. The van der Waals surface area contributed by atoms with Crippen LogP contribution in [0.2, 0.25) is 0 Å². The molecule has 1 heterocycles. The molecule has 0 radical (unpaired) electrons. The number of piperidine rings is 1. The molecule has 0 saturated carbocycles. The summed E-state index contributed by atoms with van der Waals surface area (Å²) in [7, 11) is -4.97. The second kappa shape index (κ2) is 6.90. The van der Waals surface area contributed by atoms with Gasteiger partial charge in [0, 0.05) is 6.54 Å². The van der Waals surface area contributed by atoms with Gasteiger partial charge in [-0.25, -0.2) is 0 Å². The molecule has 20 heavy (non-hydrogen) atoms. The van der Waals surface area contributed by atoms with Crippen LogP contribution >= 0.6 is 0 Å². The van der Waals surface area contributed by atoms with Gasteiger partial charge in [0.25, 0.3) is 0 Å². The number of halogens is 1. The predicted molar refractivity (Wildman–Crippen MR) is 72.9 cm³/mol. The van der Waals surface area contributed by atoms with Gasteiger partial charge in [-0.05, 0) is 50.2 Å². The molecular weight excluding hydrogens is 285 g/mol. The van der Waals surface area contributed by atoms with E-state index in [0.29, 0.717) is 12.4 Å². The highest BCUT2D eigenvalue weighted by molar-refractivity contribution is 7.81. The third-order valence-electron chi connectivity index (χ3n) is 3.14. The Balaban J connectivity index is 1.76. The van der Waals surface area contributed by atoms with E-state index in [1.54, 1.807) is 12.1 Å². The fraction of sp³-hybridized carbons (Fsp3) is 0.538. The third kappa shape index (κ3) is 5.34. The maximum absolute atomic E-state index is 12.3. The molecule has 0 amide bonds. The van der Waals surface area contributed by atoms with E-state index in [2.05, 4.69) is 9.08 Å². The van der Waals surface area contributed by atoms with Gasteiger partial charge in [-0.2, -0.15) is 8.42 Å². The van der Waals surface area contributed by atoms with Crippen molar-refractivity contribution in [3.05, 3.63) is 24.3 Å². The summed E-state index contributed by atoms with van der Waals surface area (Å²) in [6, 6.07) is 5.81. The number of likely N-dealkylation sites (tertiary alicyclic amines) is 1. The molecule has 0 bridgehead atoms. The zero-order valence-corrected chi connectivity index (χ0v) is 11.9. The van der Waals surface area contributed by atoms with Crippen LogP contribution in [0.1, 0.15) is 19.3 Å². The van der Waals surface area contributed by atoms with Crippen LogP contribution in [0.15, 0.2) is 24.3 Å². The summed E-state index contributed by atoms with van der Waals surface area (Å²) in [4.78, 5) is 2.36. The lowest BCUT2D eigenvalue weighted by Crippen LogP contribution is -2.33. The predicted octanol–water partition coefficient (Wildman–Crippen LogP) is 2.14. The number of rotatable bonds is 6. The van der Waals surface area contributed by atoms with Gasteiger partial charge in [-0.3, -0.25) is 4.90 Å².